The highest BCUT2D eigenvalue weighted by Gasteiger charge is 2.56. The molecule has 0 spiro atoms. The van der Waals surface area contributed by atoms with Gasteiger partial charge in [-0.2, -0.15) is 0 Å². The van der Waals surface area contributed by atoms with Crippen LogP contribution in [0.1, 0.15) is 24.8 Å². The maximum absolute atomic E-state index is 12.4. The second kappa shape index (κ2) is 7.39. The van der Waals surface area contributed by atoms with Crippen LogP contribution < -0.4 is 0 Å². The van der Waals surface area contributed by atoms with Gasteiger partial charge in [0.25, 0.3) is 0 Å². The molecular weight excluding hydrogens is 348 g/mol. The minimum absolute atomic E-state index is 0.0492. The molecule has 6 nitrogen and oxygen atoms in total. The number of allylic oxidation sites excluding steroid dienone is 2. The summed E-state index contributed by atoms with van der Waals surface area (Å²) in [6.45, 7) is 0. The monoisotopic (exact) mass is 370 g/mol. The Bertz CT molecular complexity index is 817. The van der Waals surface area contributed by atoms with E-state index >= 15 is 0 Å². The molecule has 0 amide bonds. The van der Waals surface area contributed by atoms with Crippen molar-refractivity contribution in [1.82, 2.24) is 0 Å². The first-order valence-corrected chi connectivity index (χ1v) is 8.71. The molecule has 142 valence electrons. The Hall–Kier alpha value is -2.89. The van der Waals surface area contributed by atoms with Gasteiger partial charge in [-0.25, -0.2) is 4.79 Å². The topological polar surface area (TPSA) is 78.9 Å². The minimum Gasteiger partial charge on any atom is -0.468 e. The van der Waals surface area contributed by atoms with Crippen molar-refractivity contribution in [3.8, 4) is 0 Å². The highest BCUT2D eigenvalue weighted by molar-refractivity contribution is 6.03. The number of esters is 3. The Kier molecular flexibility index (Phi) is 5.17. The maximum Gasteiger partial charge on any atom is 0.338 e. The van der Waals surface area contributed by atoms with E-state index in [0.717, 1.165) is 16.7 Å². The highest BCUT2D eigenvalue weighted by atomic mass is 16.5. The molecule has 6 heteroatoms. The van der Waals surface area contributed by atoms with Crippen molar-refractivity contribution in [2.75, 3.05) is 21.3 Å². The Balaban J connectivity index is 2.04. The van der Waals surface area contributed by atoms with Crippen molar-refractivity contribution in [3.05, 3.63) is 53.1 Å². The van der Waals surface area contributed by atoms with Crippen LogP contribution in [0, 0.1) is 11.3 Å². The van der Waals surface area contributed by atoms with Gasteiger partial charge in [0.1, 0.15) is 0 Å². The predicted molar refractivity (Wildman–Crippen MR) is 97.3 cm³/mol. The first-order chi connectivity index (χ1) is 13.0. The van der Waals surface area contributed by atoms with Crippen molar-refractivity contribution in [3.63, 3.8) is 0 Å². The number of ether oxygens (including phenoxy) is 3. The Morgan fingerprint density at radius 1 is 0.963 bits per heavy atom. The lowest BCUT2D eigenvalue weighted by molar-refractivity contribution is -0.168. The smallest absolute Gasteiger partial charge is 0.338 e. The number of fused-ring (bicyclic) bond motifs is 1. The van der Waals surface area contributed by atoms with Gasteiger partial charge in [-0.05, 0) is 42.4 Å². The van der Waals surface area contributed by atoms with E-state index in [0.29, 0.717) is 18.4 Å². The molecule has 1 saturated carbocycles. The largest absolute Gasteiger partial charge is 0.468 e. The van der Waals surface area contributed by atoms with Crippen LogP contribution in [0.15, 0.2) is 47.6 Å². The number of carbonyl (C=O) groups excluding carboxylic acids is 3. The molecule has 2 aliphatic carbocycles. The quantitative estimate of drug-likeness (QED) is 0.461. The Morgan fingerprint density at radius 2 is 1.59 bits per heavy atom. The SMILES string of the molecule is COC(=O)C1=C(c2ccccc2)CC2CC(C(=O)OC)(C(=O)OC)CC2=C1. The molecule has 0 aliphatic heterocycles. The fourth-order valence-electron chi connectivity index (χ4n) is 4.11. The summed E-state index contributed by atoms with van der Waals surface area (Å²) in [5.41, 5.74) is 1.72. The van der Waals surface area contributed by atoms with Gasteiger partial charge in [-0.1, -0.05) is 35.9 Å². The lowest BCUT2D eigenvalue weighted by atomic mass is 9.81. The van der Waals surface area contributed by atoms with E-state index in [9.17, 15) is 14.4 Å². The molecule has 2 aliphatic rings. The summed E-state index contributed by atoms with van der Waals surface area (Å²) in [7, 11) is 3.86. The number of benzene rings is 1. The van der Waals surface area contributed by atoms with E-state index in [1.165, 1.54) is 21.3 Å². The van der Waals surface area contributed by atoms with Crippen molar-refractivity contribution >= 4 is 23.5 Å². The average molecular weight is 370 g/mol. The van der Waals surface area contributed by atoms with Gasteiger partial charge in [0.05, 0.1) is 26.9 Å². The third-order valence-electron chi connectivity index (χ3n) is 5.41. The van der Waals surface area contributed by atoms with Crippen LogP contribution >= 0.6 is 0 Å². The van der Waals surface area contributed by atoms with E-state index in [4.69, 9.17) is 14.2 Å². The van der Waals surface area contributed by atoms with Gasteiger partial charge < -0.3 is 14.2 Å². The molecule has 27 heavy (non-hydrogen) atoms. The van der Waals surface area contributed by atoms with Gasteiger partial charge in [0.2, 0.25) is 0 Å². The molecule has 1 aromatic rings. The van der Waals surface area contributed by atoms with E-state index < -0.39 is 23.3 Å². The van der Waals surface area contributed by atoms with Gasteiger partial charge in [-0.3, -0.25) is 9.59 Å². The number of hydrogen-bond acceptors (Lipinski definition) is 6. The predicted octanol–water partition coefficient (Wildman–Crippen LogP) is 2.69. The zero-order valence-corrected chi connectivity index (χ0v) is 15.6. The zero-order chi connectivity index (χ0) is 19.6. The van der Waals surface area contributed by atoms with Gasteiger partial charge in [0.15, 0.2) is 5.41 Å². The molecule has 0 N–H and O–H groups in total. The van der Waals surface area contributed by atoms with Gasteiger partial charge in [0, 0.05) is 0 Å². The van der Waals surface area contributed by atoms with Crippen molar-refractivity contribution in [1.29, 1.82) is 0 Å². The molecule has 0 radical (unpaired) electrons. The number of hydrogen-bond donors (Lipinski definition) is 0. The zero-order valence-electron chi connectivity index (χ0n) is 15.6. The average Bonchev–Trinajstić information content (AvgIpc) is 3.11. The first kappa shape index (κ1) is 18.9. The molecule has 1 atom stereocenters. The fourth-order valence-corrected chi connectivity index (χ4v) is 4.11. The number of methoxy groups -OCH3 is 3. The maximum atomic E-state index is 12.4. The molecule has 0 heterocycles. The molecule has 1 aromatic carbocycles. The minimum atomic E-state index is -1.37. The lowest BCUT2D eigenvalue weighted by Gasteiger charge is -2.24. The van der Waals surface area contributed by atoms with Crippen molar-refractivity contribution in [2.24, 2.45) is 11.3 Å². The summed E-state index contributed by atoms with van der Waals surface area (Å²) in [6.07, 6.45) is 2.77. The second-order valence-electron chi connectivity index (χ2n) is 6.82. The summed E-state index contributed by atoms with van der Waals surface area (Å²) in [5, 5.41) is 0. The normalized spacial score (nSPS) is 20.4. The van der Waals surface area contributed by atoms with Crippen LogP contribution in [-0.4, -0.2) is 39.2 Å². The number of rotatable bonds is 4. The molecule has 0 saturated heterocycles. The molecule has 1 fully saturated rings. The molecule has 3 rings (SSSR count). The van der Waals surface area contributed by atoms with Crippen LogP contribution in [0.3, 0.4) is 0 Å². The van der Waals surface area contributed by atoms with Crippen LogP contribution in [0.2, 0.25) is 0 Å². The standard InChI is InChI=1S/C21H22O6/c1-25-18(22)17-10-15-12-21(19(23)26-2,20(24)27-3)11-14(15)9-16(17)13-7-5-4-6-8-13/h4-8,10,14H,9,11-12H2,1-3H3. The van der Waals surface area contributed by atoms with Crippen molar-refractivity contribution < 1.29 is 28.6 Å². The summed E-state index contributed by atoms with van der Waals surface area (Å²) < 4.78 is 14.8. The third-order valence-corrected chi connectivity index (χ3v) is 5.41. The highest BCUT2D eigenvalue weighted by Crippen LogP contribution is 2.52. The summed E-state index contributed by atoms with van der Waals surface area (Å²) in [6, 6.07) is 9.57. The molecule has 1 unspecified atom stereocenters. The van der Waals surface area contributed by atoms with Crippen molar-refractivity contribution in [2.45, 2.75) is 19.3 Å². The summed E-state index contributed by atoms with van der Waals surface area (Å²) in [4.78, 5) is 37.3. The molecule has 0 bridgehead atoms. The van der Waals surface area contributed by atoms with E-state index in [1.807, 2.05) is 30.3 Å². The van der Waals surface area contributed by atoms with E-state index in [1.54, 1.807) is 6.08 Å². The third kappa shape index (κ3) is 3.16. The Morgan fingerprint density at radius 3 is 2.15 bits per heavy atom. The van der Waals surface area contributed by atoms with Crippen LogP contribution in [0.5, 0.6) is 0 Å². The lowest BCUT2D eigenvalue weighted by Crippen LogP contribution is -2.39. The van der Waals surface area contributed by atoms with E-state index in [2.05, 4.69) is 0 Å². The molecular formula is C21H22O6. The van der Waals surface area contributed by atoms with Gasteiger partial charge >= 0.3 is 17.9 Å². The van der Waals surface area contributed by atoms with Crippen LogP contribution in [0.25, 0.3) is 5.57 Å². The Labute approximate surface area is 157 Å². The van der Waals surface area contributed by atoms with Crippen LogP contribution in [0.4, 0.5) is 0 Å². The van der Waals surface area contributed by atoms with Gasteiger partial charge in [-0.15, -0.1) is 0 Å². The first-order valence-electron chi connectivity index (χ1n) is 8.71. The van der Waals surface area contributed by atoms with Crippen LogP contribution in [-0.2, 0) is 28.6 Å². The second-order valence-corrected chi connectivity index (χ2v) is 6.82. The summed E-state index contributed by atoms with van der Waals surface area (Å²) in [5.74, 6) is -1.70. The number of carbonyl (C=O) groups is 3. The fraction of sp³-hybridized carbons (Fsp3) is 0.381. The van der Waals surface area contributed by atoms with E-state index in [-0.39, 0.29) is 12.3 Å². The summed E-state index contributed by atoms with van der Waals surface area (Å²) >= 11 is 0. The molecule has 0 aromatic heterocycles.